The Bertz CT molecular complexity index is 817. The molecule has 1 fully saturated rings. The van der Waals surface area contributed by atoms with Gasteiger partial charge in [-0.2, -0.15) is 0 Å². The Balaban J connectivity index is 1.78. The molecular formula is C16H21N5O2S. The third-order valence-electron chi connectivity index (χ3n) is 4.11. The summed E-state index contributed by atoms with van der Waals surface area (Å²) in [5, 5.41) is 0. The van der Waals surface area contributed by atoms with Gasteiger partial charge in [0, 0.05) is 32.4 Å². The molecule has 7 nitrogen and oxygen atoms in total. The molecule has 24 heavy (non-hydrogen) atoms. The van der Waals surface area contributed by atoms with Crippen molar-refractivity contribution < 1.29 is 8.42 Å². The average Bonchev–Trinajstić information content (AvgIpc) is 2.62. The minimum atomic E-state index is -3.48. The molecule has 0 amide bonds. The van der Waals surface area contributed by atoms with Crippen LogP contribution in [-0.2, 0) is 10.0 Å². The number of rotatable bonds is 4. The van der Waals surface area contributed by atoms with Crippen molar-refractivity contribution in [2.45, 2.75) is 11.8 Å². The standard InChI is InChI=1S/C16H21N5O2S/c1-13-11-18-12-16(19-13)21-9-7-20(8-10-21)14-5-3-4-6-15(14)24(22,23)17-2/h3-6,11-12,17H,7-10H2,1-2H3. The van der Waals surface area contributed by atoms with Gasteiger partial charge in [0.25, 0.3) is 0 Å². The number of hydrogen-bond acceptors (Lipinski definition) is 6. The molecule has 128 valence electrons. The predicted molar refractivity (Wildman–Crippen MR) is 93.9 cm³/mol. The molecule has 1 aliphatic rings. The van der Waals surface area contributed by atoms with Gasteiger partial charge in [-0.1, -0.05) is 12.1 Å². The second-order valence-electron chi connectivity index (χ2n) is 5.67. The number of piperazine rings is 1. The zero-order valence-corrected chi connectivity index (χ0v) is 14.6. The lowest BCUT2D eigenvalue weighted by Crippen LogP contribution is -2.47. The van der Waals surface area contributed by atoms with E-state index in [1.165, 1.54) is 7.05 Å². The van der Waals surface area contributed by atoms with E-state index in [-0.39, 0.29) is 0 Å². The maximum atomic E-state index is 12.2. The predicted octanol–water partition coefficient (Wildman–Crippen LogP) is 1.02. The topological polar surface area (TPSA) is 78.4 Å². The van der Waals surface area contributed by atoms with Crippen molar-refractivity contribution in [1.82, 2.24) is 14.7 Å². The van der Waals surface area contributed by atoms with Crippen LogP contribution >= 0.6 is 0 Å². The fraction of sp³-hybridized carbons (Fsp3) is 0.375. The summed E-state index contributed by atoms with van der Waals surface area (Å²) in [6.45, 7) is 4.92. The summed E-state index contributed by atoms with van der Waals surface area (Å²) in [7, 11) is -2.05. The summed E-state index contributed by atoms with van der Waals surface area (Å²) in [6.07, 6.45) is 3.50. The lowest BCUT2D eigenvalue weighted by atomic mass is 10.2. The molecule has 0 radical (unpaired) electrons. The first-order valence-corrected chi connectivity index (χ1v) is 9.31. The van der Waals surface area contributed by atoms with Crippen LogP contribution in [0.25, 0.3) is 0 Å². The monoisotopic (exact) mass is 347 g/mol. The Morgan fingerprint density at radius 1 is 1.04 bits per heavy atom. The number of aryl methyl sites for hydroxylation is 1. The summed E-state index contributed by atoms with van der Waals surface area (Å²) in [6, 6.07) is 7.10. The van der Waals surface area contributed by atoms with Crippen molar-refractivity contribution in [3.05, 3.63) is 42.4 Å². The minimum absolute atomic E-state index is 0.316. The highest BCUT2D eigenvalue weighted by Crippen LogP contribution is 2.26. The van der Waals surface area contributed by atoms with Crippen LogP contribution in [0.15, 0.2) is 41.6 Å². The van der Waals surface area contributed by atoms with Crippen LogP contribution in [0, 0.1) is 6.92 Å². The van der Waals surface area contributed by atoms with E-state index in [9.17, 15) is 8.42 Å². The van der Waals surface area contributed by atoms with Crippen molar-refractivity contribution in [3.8, 4) is 0 Å². The van der Waals surface area contributed by atoms with E-state index in [4.69, 9.17) is 0 Å². The number of nitrogens with one attached hydrogen (secondary N) is 1. The SMILES string of the molecule is CNS(=O)(=O)c1ccccc1N1CCN(c2cncc(C)n2)CC1. The summed E-state index contributed by atoms with van der Waals surface area (Å²) < 4.78 is 26.8. The van der Waals surface area contributed by atoms with Gasteiger partial charge in [-0.3, -0.25) is 4.98 Å². The molecule has 0 spiro atoms. The van der Waals surface area contributed by atoms with Crippen LogP contribution in [0.3, 0.4) is 0 Å². The Hall–Kier alpha value is -2.19. The van der Waals surface area contributed by atoms with E-state index in [0.29, 0.717) is 4.90 Å². The summed E-state index contributed by atoms with van der Waals surface area (Å²) in [5.74, 6) is 0.866. The molecule has 2 aromatic rings. The molecule has 2 heterocycles. The molecule has 0 saturated carbocycles. The molecule has 1 N–H and O–H groups in total. The third kappa shape index (κ3) is 3.34. The number of aromatic nitrogens is 2. The molecule has 1 aromatic carbocycles. The van der Waals surface area contributed by atoms with E-state index in [1.54, 1.807) is 24.5 Å². The summed E-state index contributed by atoms with van der Waals surface area (Å²) >= 11 is 0. The van der Waals surface area contributed by atoms with Gasteiger partial charge >= 0.3 is 0 Å². The molecule has 0 unspecified atom stereocenters. The Kier molecular flexibility index (Phi) is 4.68. The van der Waals surface area contributed by atoms with Gasteiger partial charge in [-0.25, -0.2) is 18.1 Å². The summed E-state index contributed by atoms with van der Waals surface area (Å²) in [4.78, 5) is 13.3. The number of para-hydroxylation sites is 1. The van der Waals surface area contributed by atoms with Crippen molar-refractivity contribution >= 4 is 21.5 Å². The molecule has 0 atom stereocenters. The number of benzene rings is 1. The number of sulfonamides is 1. The van der Waals surface area contributed by atoms with Gasteiger partial charge in [0.1, 0.15) is 10.7 Å². The summed E-state index contributed by atoms with van der Waals surface area (Å²) in [5.41, 5.74) is 1.63. The largest absolute Gasteiger partial charge is 0.367 e. The zero-order chi connectivity index (χ0) is 17.2. The average molecular weight is 347 g/mol. The van der Waals surface area contributed by atoms with E-state index in [1.807, 2.05) is 19.1 Å². The van der Waals surface area contributed by atoms with Crippen LogP contribution in [0.1, 0.15) is 5.69 Å². The van der Waals surface area contributed by atoms with Gasteiger partial charge in [0.15, 0.2) is 0 Å². The fourth-order valence-corrected chi connectivity index (χ4v) is 3.78. The highest BCUT2D eigenvalue weighted by atomic mass is 32.2. The molecule has 1 aromatic heterocycles. The minimum Gasteiger partial charge on any atom is -0.367 e. The number of hydrogen-bond donors (Lipinski definition) is 1. The van der Waals surface area contributed by atoms with Crippen molar-refractivity contribution in [2.75, 3.05) is 43.0 Å². The first-order valence-electron chi connectivity index (χ1n) is 7.82. The molecule has 3 rings (SSSR count). The maximum Gasteiger partial charge on any atom is 0.242 e. The van der Waals surface area contributed by atoms with Crippen LogP contribution in [0.2, 0.25) is 0 Å². The lowest BCUT2D eigenvalue weighted by molar-refractivity contribution is 0.586. The highest BCUT2D eigenvalue weighted by molar-refractivity contribution is 7.89. The Morgan fingerprint density at radius 2 is 1.71 bits per heavy atom. The maximum absolute atomic E-state index is 12.2. The first kappa shape index (κ1) is 16.7. The lowest BCUT2D eigenvalue weighted by Gasteiger charge is -2.37. The second-order valence-corrected chi connectivity index (χ2v) is 7.52. The van der Waals surface area contributed by atoms with Crippen LogP contribution in [0.4, 0.5) is 11.5 Å². The van der Waals surface area contributed by atoms with Crippen LogP contribution in [-0.4, -0.2) is 51.6 Å². The van der Waals surface area contributed by atoms with Crippen molar-refractivity contribution in [3.63, 3.8) is 0 Å². The fourth-order valence-electron chi connectivity index (χ4n) is 2.83. The van der Waals surface area contributed by atoms with Gasteiger partial charge in [-0.15, -0.1) is 0 Å². The van der Waals surface area contributed by atoms with Gasteiger partial charge in [0.2, 0.25) is 10.0 Å². The Labute approximate surface area is 142 Å². The van der Waals surface area contributed by atoms with E-state index >= 15 is 0 Å². The second kappa shape index (κ2) is 6.74. The molecule has 1 aliphatic heterocycles. The zero-order valence-electron chi connectivity index (χ0n) is 13.8. The highest BCUT2D eigenvalue weighted by Gasteiger charge is 2.24. The van der Waals surface area contributed by atoms with Crippen molar-refractivity contribution in [2.24, 2.45) is 0 Å². The molecule has 8 heteroatoms. The van der Waals surface area contributed by atoms with Crippen molar-refractivity contribution in [1.29, 1.82) is 0 Å². The molecular weight excluding hydrogens is 326 g/mol. The van der Waals surface area contributed by atoms with Crippen LogP contribution < -0.4 is 14.5 Å². The number of nitrogens with zero attached hydrogens (tertiary/aromatic N) is 4. The van der Waals surface area contributed by atoms with E-state index in [0.717, 1.165) is 43.4 Å². The molecule has 1 saturated heterocycles. The number of anilines is 2. The van der Waals surface area contributed by atoms with Crippen LogP contribution in [0.5, 0.6) is 0 Å². The van der Waals surface area contributed by atoms with Gasteiger partial charge < -0.3 is 9.80 Å². The smallest absolute Gasteiger partial charge is 0.242 e. The molecule has 0 aliphatic carbocycles. The first-order chi connectivity index (χ1) is 11.5. The van der Waals surface area contributed by atoms with Gasteiger partial charge in [0.05, 0.1) is 17.6 Å². The normalized spacial score (nSPS) is 15.6. The molecule has 0 bridgehead atoms. The Morgan fingerprint density at radius 3 is 2.38 bits per heavy atom. The quantitative estimate of drug-likeness (QED) is 0.890. The van der Waals surface area contributed by atoms with E-state index < -0.39 is 10.0 Å². The van der Waals surface area contributed by atoms with E-state index in [2.05, 4.69) is 24.5 Å². The van der Waals surface area contributed by atoms with Gasteiger partial charge in [-0.05, 0) is 26.1 Å². The third-order valence-corrected chi connectivity index (χ3v) is 5.57.